The molecule has 0 aromatic rings. The number of piperidine rings is 1. The van der Waals surface area contributed by atoms with Crippen LogP contribution in [0.2, 0.25) is 0 Å². The molecule has 6 heteroatoms. The lowest BCUT2D eigenvalue weighted by molar-refractivity contribution is -0.145. The number of carbonyl (C=O) groups excluding carboxylic acids is 1. The van der Waals surface area contributed by atoms with Crippen molar-refractivity contribution in [3.05, 3.63) is 0 Å². The van der Waals surface area contributed by atoms with Crippen molar-refractivity contribution < 1.29 is 19.4 Å². The fourth-order valence-electron chi connectivity index (χ4n) is 3.13. The second kappa shape index (κ2) is 5.99. The van der Waals surface area contributed by atoms with Crippen LogP contribution in [-0.2, 0) is 9.53 Å². The number of rotatable bonds is 3. The summed E-state index contributed by atoms with van der Waals surface area (Å²) in [6, 6.07) is -1.01. The third kappa shape index (κ3) is 3.23. The number of likely N-dealkylation sites (tertiary alicyclic amines) is 1. The van der Waals surface area contributed by atoms with Gasteiger partial charge < -0.3 is 20.1 Å². The van der Waals surface area contributed by atoms with Crippen molar-refractivity contribution in [3.8, 4) is 0 Å². The molecule has 0 aliphatic carbocycles. The highest BCUT2D eigenvalue weighted by atomic mass is 16.5. The van der Waals surface area contributed by atoms with E-state index in [0.717, 1.165) is 32.3 Å². The zero-order chi connectivity index (χ0) is 14.8. The Kier molecular flexibility index (Phi) is 4.52. The average Bonchev–Trinajstić information content (AvgIpc) is 2.82. The zero-order valence-corrected chi connectivity index (χ0v) is 12.2. The maximum Gasteiger partial charge on any atom is 0.326 e. The largest absolute Gasteiger partial charge is 0.480 e. The molecule has 2 amide bonds. The molecule has 0 saturated carbocycles. The Labute approximate surface area is 119 Å². The number of nitrogens with one attached hydrogen (secondary N) is 1. The third-order valence-electron chi connectivity index (χ3n) is 4.36. The van der Waals surface area contributed by atoms with E-state index in [1.807, 2.05) is 13.8 Å². The SMILES string of the molecule is CC1CCCN(C(=O)NCC2(C)CCCO2)C1C(=O)O. The Bertz CT molecular complexity index is 379. The van der Waals surface area contributed by atoms with Crippen molar-refractivity contribution in [1.29, 1.82) is 0 Å². The molecule has 2 saturated heterocycles. The molecule has 2 heterocycles. The Morgan fingerprint density at radius 2 is 2.20 bits per heavy atom. The Morgan fingerprint density at radius 1 is 1.45 bits per heavy atom. The molecule has 3 atom stereocenters. The molecule has 20 heavy (non-hydrogen) atoms. The second-order valence-electron chi connectivity index (χ2n) is 6.16. The lowest BCUT2D eigenvalue weighted by atomic mass is 9.91. The minimum atomic E-state index is -0.921. The van der Waals surface area contributed by atoms with E-state index in [1.54, 1.807) is 0 Å². The maximum atomic E-state index is 12.3. The number of hydrogen-bond donors (Lipinski definition) is 2. The standard InChI is InChI=1S/C14H24N2O4/c1-10-5-3-7-16(11(10)12(17)18)13(19)15-9-14(2)6-4-8-20-14/h10-11H,3-9H2,1-2H3,(H,15,19)(H,17,18). The van der Waals surface area contributed by atoms with Crippen LogP contribution in [0.5, 0.6) is 0 Å². The number of amides is 2. The van der Waals surface area contributed by atoms with Crippen LogP contribution in [0.3, 0.4) is 0 Å². The van der Waals surface area contributed by atoms with Gasteiger partial charge in [0.15, 0.2) is 0 Å². The van der Waals surface area contributed by atoms with E-state index in [0.29, 0.717) is 13.1 Å². The number of ether oxygens (including phenoxy) is 1. The first-order chi connectivity index (χ1) is 9.43. The van der Waals surface area contributed by atoms with Gasteiger partial charge in [0, 0.05) is 19.7 Å². The van der Waals surface area contributed by atoms with E-state index in [4.69, 9.17) is 4.74 Å². The van der Waals surface area contributed by atoms with Gasteiger partial charge in [-0.15, -0.1) is 0 Å². The molecule has 2 N–H and O–H groups in total. The molecule has 2 aliphatic heterocycles. The van der Waals surface area contributed by atoms with E-state index in [9.17, 15) is 14.7 Å². The molecule has 0 bridgehead atoms. The predicted octanol–water partition coefficient (Wildman–Crippen LogP) is 1.45. The molecule has 0 radical (unpaired) electrons. The van der Waals surface area contributed by atoms with Crippen LogP contribution < -0.4 is 5.32 Å². The van der Waals surface area contributed by atoms with E-state index >= 15 is 0 Å². The molecule has 6 nitrogen and oxygen atoms in total. The molecule has 2 fully saturated rings. The van der Waals surface area contributed by atoms with Crippen LogP contribution in [0.15, 0.2) is 0 Å². The van der Waals surface area contributed by atoms with Crippen molar-refractivity contribution in [2.24, 2.45) is 5.92 Å². The highest BCUT2D eigenvalue weighted by molar-refractivity contribution is 5.83. The molecule has 0 aromatic carbocycles. The van der Waals surface area contributed by atoms with Gasteiger partial charge in [0.05, 0.1) is 5.60 Å². The lowest BCUT2D eigenvalue weighted by Gasteiger charge is -2.37. The highest BCUT2D eigenvalue weighted by Gasteiger charge is 2.38. The van der Waals surface area contributed by atoms with Gasteiger partial charge in [-0.1, -0.05) is 6.92 Å². The number of carboxylic acids is 1. The van der Waals surface area contributed by atoms with Gasteiger partial charge in [0.1, 0.15) is 6.04 Å². The Morgan fingerprint density at radius 3 is 2.80 bits per heavy atom. The first kappa shape index (κ1) is 15.1. The van der Waals surface area contributed by atoms with E-state index < -0.39 is 12.0 Å². The van der Waals surface area contributed by atoms with Gasteiger partial charge in [-0.05, 0) is 38.5 Å². The topological polar surface area (TPSA) is 78.9 Å². The molecule has 0 spiro atoms. The Hall–Kier alpha value is -1.30. The summed E-state index contributed by atoms with van der Waals surface area (Å²) in [6.45, 7) is 5.53. The van der Waals surface area contributed by atoms with Crippen LogP contribution in [0.4, 0.5) is 4.79 Å². The van der Waals surface area contributed by atoms with Crippen molar-refractivity contribution in [3.63, 3.8) is 0 Å². The van der Waals surface area contributed by atoms with Crippen LogP contribution in [-0.4, -0.2) is 53.3 Å². The van der Waals surface area contributed by atoms with Crippen molar-refractivity contribution in [1.82, 2.24) is 10.2 Å². The average molecular weight is 284 g/mol. The van der Waals surface area contributed by atoms with Gasteiger partial charge in [-0.3, -0.25) is 0 Å². The fourth-order valence-corrected chi connectivity index (χ4v) is 3.13. The molecule has 2 rings (SSSR count). The number of carbonyl (C=O) groups is 2. The zero-order valence-electron chi connectivity index (χ0n) is 12.2. The van der Waals surface area contributed by atoms with Crippen LogP contribution in [0.25, 0.3) is 0 Å². The molecule has 2 aliphatic rings. The summed E-state index contributed by atoms with van der Waals surface area (Å²) in [4.78, 5) is 25.1. The van der Waals surface area contributed by atoms with Crippen LogP contribution >= 0.6 is 0 Å². The summed E-state index contributed by atoms with van der Waals surface area (Å²) in [5, 5.41) is 12.2. The highest BCUT2D eigenvalue weighted by Crippen LogP contribution is 2.25. The maximum absolute atomic E-state index is 12.3. The molecule has 114 valence electrons. The third-order valence-corrected chi connectivity index (χ3v) is 4.36. The lowest BCUT2D eigenvalue weighted by Crippen LogP contribution is -2.56. The fraction of sp³-hybridized carbons (Fsp3) is 0.857. The molecular weight excluding hydrogens is 260 g/mol. The minimum Gasteiger partial charge on any atom is -0.480 e. The normalized spacial score (nSPS) is 34.0. The van der Waals surface area contributed by atoms with Crippen molar-refractivity contribution >= 4 is 12.0 Å². The molecule has 0 aromatic heterocycles. The number of nitrogens with zero attached hydrogens (tertiary/aromatic N) is 1. The number of urea groups is 1. The van der Waals surface area contributed by atoms with Crippen LogP contribution in [0, 0.1) is 5.92 Å². The van der Waals surface area contributed by atoms with Gasteiger partial charge >= 0.3 is 12.0 Å². The first-order valence-electron chi connectivity index (χ1n) is 7.34. The van der Waals surface area contributed by atoms with Gasteiger partial charge in [-0.2, -0.15) is 0 Å². The first-order valence-corrected chi connectivity index (χ1v) is 7.34. The summed E-state index contributed by atoms with van der Waals surface area (Å²) >= 11 is 0. The summed E-state index contributed by atoms with van der Waals surface area (Å²) in [7, 11) is 0. The number of hydrogen-bond acceptors (Lipinski definition) is 3. The quantitative estimate of drug-likeness (QED) is 0.822. The summed E-state index contributed by atoms with van der Waals surface area (Å²) in [6.07, 6.45) is 3.63. The molecule has 3 unspecified atom stereocenters. The van der Waals surface area contributed by atoms with Gasteiger partial charge in [0.25, 0.3) is 0 Å². The van der Waals surface area contributed by atoms with E-state index in [-0.39, 0.29) is 17.6 Å². The minimum absolute atomic E-state index is 0.00897. The molecular formula is C14H24N2O4. The van der Waals surface area contributed by atoms with Crippen molar-refractivity contribution in [2.75, 3.05) is 19.7 Å². The van der Waals surface area contributed by atoms with E-state index in [1.165, 1.54) is 4.90 Å². The summed E-state index contributed by atoms with van der Waals surface area (Å²) < 4.78 is 5.62. The summed E-state index contributed by atoms with van der Waals surface area (Å²) in [5.74, 6) is -0.930. The second-order valence-corrected chi connectivity index (χ2v) is 6.16. The van der Waals surface area contributed by atoms with Crippen molar-refractivity contribution in [2.45, 2.75) is 51.2 Å². The Balaban J connectivity index is 1.94. The predicted molar refractivity (Wildman–Crippen MR) is 73.5 cm³/mol. The van der Waals surface area contributed by atoms with E-state index in [2.05, 4.69) is 5.32 Å². The summed E-state index contributed by atoms with van der Waals surface area (Å²) in [5.41, 5.74) is -0.310. The smallest absolute Gasteiger partial charge is 0.326 e. The number of aliphatic carboxylic acids is 1. The van der Waals surface area contributed by atoms with Crippen LogP contribution in [0.1, 0.15) is 39.5 Å². The number of carboxylic acid groups (broad SMARTS) is 1. The van der Waals surface area contributed by atoms with Gasteiger partial charge in [-0.25, -0.2) is 9.59 Å². The van der Waals surface area contributed by atoms with Gasteiger partial charge in [0.2, 0.25) is 0 Å². The monoisotopic (exact) mass is 284 g/mol.